The van der Waals surface area contributed by atoms with E-state index in [0.717, 1.165) is 11.0 Å². The number of aliphatic hydroxyl groups is 1. The van der Waals surface area contributed by atoms with Crippen LogP contribution in [0.25, 0.3) is 0 Å². The summed E-state index contributed by atoms with van der Waals surface area (Å²) in [6.45, 7) is 1.11. The minimum Gasteiger partial charge on any atom is -0.391 e. The van der Waals surface area contributed by atoms with E-state index in [0.29, 0.717) is 0 Å². The Balaban J connectivity index is 0. The first-order valence-corrected chi connectivity index (χ1v) is 4.33. The number of likely N-dealkylation sites (N-methyl/N-ethyl adjacent to an activating group) is 1. The van der Waals surface area contributed by atoms with Crippen LogP contribution in [0.15, 0.2) is 0 Å². The SMILES string of the molecule is C[N+](C)(C)CCO.[O-][Cl+3]([O-])([O-])[O-]. The maximum atomic E-state index is 8.49. The molecule has 0 atom stereocenters. The van der Waals surface area contributed by atoms with Gasteiger partial charge in [-0.3, -0.25) is 0 Å². The Morgan fingerprint density at radius 3 is 1.33 bits per heavy atom. The van der Waals surface area contributed by atoms with Crippen LogP contribution in [-0.4, -0.2) is 43.9 Å². The molecule has 0 aliphatic rings. The van der Waals surface area contributed by atoms with E-state index in [1.807, 2.05) is 0 Å². The molecule has 0 aromatic carbocycles. The molecule has 0 radical (unpaired) electrons. The summed E-state index contributed by atoms with van der Waals surface area (Å²) in [6.07, 6.45) is 0. The van der Waals surface area contributed by atoms with E-state index in [1.165, 1.54) is 0 Å². The molecule has 0 aromatic rings. The topological polar surface area (TPSA) is 112 Å². The zero-order valence-corrected chi connectivity index (χ0v) is 8.08. The quantitative estimate of drug-likeness (QED) is 0.452. The number of aliphatic hydroxyl groups excluding tert-OH is 1. The van der Waals surface area contributed by atoms with Gasteiger partial charge >= 0.3 is 0 Å². The largest absolute Gasteiger partial charge is 0.391 e. The molecule has 76 valence electrons. The second-order valence-electron chi connectivity index (χ2n) is 3.12. The van der Waals surface area contributed by atoms with Gasteiger partial charge in [-0.2, -0.15) is 0 Å². The first kappa shape index (κ1) is 14.6. The molecule has 0 saturated heterocycles. The number of nitrogens with zero attached hydrogens (tertiary/aromatic N) is 1. The first-order chi connectivity index (χ1) is 5.06. The maximum absolute atomic E-state index is 8.49. The Kier molecular flexibility index (Phi) is 6.86. The van der Waals surface area contributed by atoms with Crippen LogP contribution in [0.2, 0.25) is 0 Å². The summed E-state index contributed by atoms with van der Waals surface area (Å²) >= 11 is 0. The molecule has 0 aromatic heterocycles. The second kappa shape index (κ2) is 5.65. The van der Waals surface area contributed by atoms with Gasteiger partial charge in [-0.15, -0.1) is 10.2 Å². The molecule has 0 rings (SSSR count). The third-order valence-corrected chi connectivity index (χ3v) is 0.771. The highest BCUT2D eigenvalue weighted by Crippen LogP contribution is 1.84. The Morgan fingerprint density at radius 2 is 1.33 bits per heavy atom. The van der Waals surface area contributed by atoms with Crippen molar-refractivity contribution in [1.82, 2.24) is 0 Å². The summed E-state index contributed by atoms with van der Waals surface area (Å²) < 4.78 is 34.8. The number of quaternary nitrogens is 1. The van der Waals surface area contributed by atoms with E-state index < -0.39 is 10.2 Å². The van der Waals surface area contributed by atoms with Crippen LogP contribution in [0, 0.1) is 10.2 Å². The van der Waals surface area contributed by atoms with Gasteiger partial charge in [0.05, 0.1) is 27.7 Å². The number of halogens is 1. The Morgan fingerprint density at radius 1 is 1.08 bits per heavy atom. The fraction of sp³-hybridized carbons (Fsp3) is 1.00. The normalized spacial score (nSPS) is 12.0. The van der Waals surface area contributed by atoms with Crippen LogP contribution >= 0.6 is 0 Å². The highest BCUT2D eigenvalue weighted by molar-refractivity contribution is 4.19. The number of rotatable bonds is 2. The lowest BCUT2D eigenvalue weighted by atomic mass is 10.5. The maximum Gasteiger partial charge on any atom is 0.101 e. The highest BCUT2D eigenvalue weighted by atomic mass is 35.7. The third kappa shape index (κ3) is 50.2. The van der Waals surface area contributed by atoms with Crippen LogP contribution in [0.1, 0.15) is 0 Å². The van der Waals surface area contributed by atoms with Gasteiger partial charge < -0.3 is 9.59 Å². The summed E-state index contributed by atoms with van der Waals surface area (Å²) in [7, 11) is 1.21. The van der Waals surface area contributed by atoms with Crippen molar-refractivity contribution in [2.75, 3.05) is 34.3 Å². The lowest BCUT2D eigenvalue weighted by Crippen LogP contribution is -2.68. The number of hydrogen-bond donors (Lipinski definition) is 1. The van der Waals surface area contributed by atoms with Crippen LogP contribution < -0.4 is 18.6 Å². The monoisotopic (exact) mass is 203 g/mol. The van der Waals surface area contributed by atoms with Gasteiger partial charge in [-0.05, 0) is 0 Å². The van der Waals surface area contributed by atoms with Crippen molar-refractivity contribution in [3.63, 3.8) is 0 Å². The Labute approximate surface area is 73.6 Å². The molecular formula is C5H14ClNO5. The fourth-order valence-electron chi connectivity index (χ4n) is 0.300. The standard InChI is InChI=1S/C5H14NO.ClHO4/c1-6(2,3)4-5-7;2-1(3,4)5/h7H,4-5H2,1-3H3;(H,2,3,4,5)/q+1;/p-1. The van der Waals surface area contributed by atoms with Gasteiger partial charge in [0.15, 0.2) is 0 Å². The zero-order valence-electron chi connectivity index (χ0n) is 7.32. The molecule has 0 spiro atoms. The van der Waals surface area contributed by atoms with Crippen LogP contribution in [0.5, 0.6) is 0 Å². The molecule has 7 heteroatoms. The molecule has 0 bridgehead atoms. The Bertz CT molecular complexity index is 101. The molecule has 0 fully saturated rings. The smallest absolute Gasteiger partial charge is 0.101 e. The van der Waals surface area contributed by atoms with Gasteiger partial charge in [0.2, 0.25) is 0 Å². The number of hydrogen-bond acceptors (Lipinski definition) is 5. The van der Waals surface area contributed by atoms with Gasteiger partial charge in [0, 0.05) is 0 Å². The molecule has 6 nitrogen and oxygen atoms in total. The van der Waals surface area contributed by atoms with Crippen molar-refractivity contribution >= 4 is 0 Å². The van der Waals surface area contributed by atoms with Crippen molar-refractivity contribution in [1.29, 1.82) is 0 Å². The summed E-state index contributed by atoms with van der Waals surface area (Å²) in [5.41, 5.74) is 0. The molecule has 0 saturated carbocycles. The van der Waals surface area contributed by atoms with E-state index in [-0.39, 0.29) is 6.61 Å². The molecule has 0 unspecified atom stereocenters. The van der Waals surface area contributed by atoms with Crippen molar-refractivity contribution in [2.45, 2.75) is 0 Å². The van der Waals surface area contributed by atoms with Crippen molar-refractivity contribution in [2.24, 2.45) is 0 Å². The Hall–Kier alpha value is 0.0500. The predicted molar refractivity (Wildman–Crippen MR) is 30.0 cm³/mol. The van der Waals surface area contributed by atoms with Crippen molar-refractivity contribution in [3.05, 3.63) is 0 Å². The minimum absolute atomic E-state index is 0.281. The predicted octanol–water partition coefficient (Wildman–Crippen LogP) is -5.07. The van der Waals surface area contributed by atoms with E-state index in [4.69, 9.17) is 23.7 Å². The van der Waals surface area contributed by atoms with E-state index in [1.54, 1.807) is 0 Å². The molecule has 0 aliphatic carbocycles. The molecule has 0 amide bonds. The van der Waals surface area contributed by atoms with Gasteiger partial charge in [-0.1, -0.05) is 0 Å². The molecular weight excluding hydrogens is 190 g/mol. The molecule has 1 N–H and O–H groups in total. The van der Waals surface area contributed by atoms with Gasteiger partial charge in [0.1, 0.15) is 6.54 Å². The lowest BCUT2D eigenvalue weighted by molar-refractivity contribution is -2.00. The first-order valence-electron chi connectivity index (χ1n) is 3.09. The van der Waals surface area contributed by atoms with Crippen molar-refractivity contribution in [3.8, 4) is 0 Å². The van der Waals surface area contributed by atoms with Crippen LogP contribution in [0.4, 0.5) is 0 Å². The van der Waals surface area contributed by atoms with Crippen molar-refractivity contribution < 1.29 is 38.5 Å². The van der Waals surface area contributed by atoms with E-state index >= 15 is 0 Å². The molecule has 0 aliphatic heterocycles. The summed E-state index contributed by atoms with van der Waals surface area (Å²) in [6, 6.07) is 0. The minimum atomic E-state index is -4.94. The average Bonchev–Trinajstić information content (AvgIpc) is 1.54. The summed E-state index contributed by atoms with van der Waals surface area (Å²) in [5, 5.41) is 8.39. The highest BCUT2D eigenvalue weighted by Gasteiger charge is 2.02. The van der Waals surface area contributed by atoms with E-state index in [2.05, 4.69) is 21.1 Å². The molecule has 12 heavy (non-hydrogen) atoms. The second-order valence-corrected chi connectivity index (χ2v) is 3.87. The fourth-order valence-corrected chi connectivity index (χ4v) is 0.300. The molecule has 0 heterocycles. The van der Waals surface area contributed by atoms with Gasteiger partial charge in [-0.25, -0.2) is 18.6 Å². The van der Waals surface area contributed by atoms with E-state index in [9.17, 15) is 0 Å². The third-order valence-electron chi connectivity index (χ3n) is 0.771. The van der Waals surface area contributed by atoms with Crippen LogP contribution in [0.3, 0.4) is 0 Å². The summed E-state index contributed by atoms with van der Waals surface area (Å²) in [4.78, 5) is 0. The van der Waals surface area contributed by atoms with Gasteiger partial charge in [0.25, 0.3) is 0 Å². The average molecular weight is 204 g/mol. The van der Waals surface area contributed by atoms with Crippen LogP contribution in [-0.2, 0) is 0 Å². The zero-order chi connectivity index (χ0) is 10.4. The summed E-state index contributed by atoms with van der Waals surface area (Å²) in [5.74, 6) is 0. The lowest BCUT2D eigenvalue weighted by Gasteiger charge is -2.21.